The van der Waals surface area contributed by atoms with Gasteiger partial charge in [-0.2, -0.15) is 0 Å². The SMILES string of the molecule is CC[C@H](C)[C@@H]([C@@H](CC(=O)N1CCC[C@H]1[C@H](OC)[C@@H](C)C(=O)N[C@@H](Cc1ccccc1)C(=O)Nc1ccc(CNC(=O)CCOCCOCCN2C(=O)C=CC2=O)cc1)OC)N(C)C(=O)[C@@H](NC(=O)[C@@H]1C2CC[C@@H](C2)N1C)C(C)C. The molecule has 2 aromatic carbocycles. The molecule has 11 atom stereocenters. The number of rotatable bonds is 31. The van der Waals surface area contributed by atoms with E-state index in [0.29, 0.717) is 37.5 Å². The molecular formula is C59H86N8O12. The maximum atomic E-state index is 14.6. The number of carbonyl (C=O) groups is 8. The third-order valence-corrected chi connectivity index (χ3v) is 16.5. The minimum Gasteiger partial charge on any atom is -0.379 e. The lowest BCUT2D eigenvalue weighted by atomic mass is 9.89. The van der Waals surface area contributed by atoms with Crippen molar-refractivity contribution in [3.8, 4) is 0 Å². The summed E-state index contributed by atoms with van der Waals surface area (Å²) >= 11 is 0. The molecule has 4 N–H and O–H groups in total. The van der Waals surface area contributed by atoms with Crippen molar-refractivity contribution >= 4 is 52.9 Å². The van der Waals surface area contributed by atoms with E-state index in [0.717, 1.165) is 35.3 Å². The average Bonchev–Trinajstić information content (AvgIpc) is 4.32. The van der Waals surface area contributed by atoms with Gasteiger partial charge in [0.05, 0.1) is 75.6 Å². The van der Waals surface area contributed by atoms with Crippen LogP contribution < -0.4 is 21.3 Å². The fourth-order valence-corrected chi connectivity index (χ4v) is 11.8. The van der Waals surface area contributed by atoms with Gasteiger partial charge in [-0.25, -0.2) is 0 Å². The number of piperidine rings is 1. The summed E-state index contributed by atoms with van der Waals surface area (Å²) in [6.45, 7) is 11.4. The Kier molecular flexibility index (Phi) is 23.6. The number of amides is 8. The van der Waals surface area contributed by atoms with E-state index in [1.165, 1.54) is 19.3 Å². The molecule has 0 spiro atoms. The second kappa shape index (κ2) is 30.0. The number of anilines is 1. The van der Waals surface area contributed by atoms with Crippen LogP contribution in [0.2, 0.25) is 0 Å². The first-order chi connectivity index (χ1) is 37.9. The molecule has 2 aromatic rings. The summed E-state index contributed by atoms with van der Waals surface area (Å²) in [7, 11) is 6.82. The van der Waals surface area contributed by atoms with E-state index >= 15 is 0 Å². The van der Waals surface area contributed by atoms with E-state index in [-0.39, 0.29) is 118 Å². The molecule has 6 rings (SSSR count). The quantitative estimate of drug-likeness (QED) is 0.0622. The lowest BCUT2D eigenvalue weighted by molar-refractivity contribution is -0.148. The highest BCUT2D eigenvalue weighted by Crippen LogP contribution is 2.41. The molecule has 2 saturated heterocycles. The number of benzene rings is 2. The fourth-order valence-electron chi connectivity index (χ4n) is 11.8. The third kappa shape index (κ3) is 16.5. The molecule has 3 aliphatic heterocycles. The van der Waals surface area contributed by atoms with Gasteiger partial charge in [-0.05, 0) is 80.2 Å². The fraction of sp³-hybridized carbons (Fsp3) is 0.627. The Hall–Kier alpha value is -6.06. The van der Waals surface area contributed by atoms with Crippen molar-refractivity contribution in [2.45, 2.75) is 147 Å². The number of ether oxygens (including phenoxy) is 4. The molecule has 20 nitrogen and oxygen atoms in total. The molecule has 0 aromatic heterocycles. The Labute approximate surface area is 466 Å². The zero-order valence-electron chi connectivity index (χ0n) is 47.8. The second-order valence-electron chi connectivity index (χ2n) is 22.0. The van der Waals surface area contributed by atoms with E-state index in [1.807, 2.05) is 65.1 Å². The topological polar surface area (TPSA) is 235 Å². The maximum absolute atomic E-state index is 14.6. The summed E-state index contributed by atoms with van der Waals surface area (Å²) in [6.07, 6.45) is 6.46. The number of methoxy groups -OCH3 is 2. The smallest absolute Gasteiger partial charge is 0.253 e. The summed E-state index contributed by atoms with van der Waals surface area (Å²) in [5, 5.41) is 11.9. The number of hydrogen-bond donors (Lipinski definition) is 4. The highest BCUT2D eigenvalue weighted by atomic mass is 16.5. The zero-order chi connectivity index (χ0) is 57.3. The maximum Gasteiger partial charge on any atom is 0.253 e. The predicted molar refractivity (Wildman–Crippen MR) is 297 cm³/mol. The number of fused-ring (bicyclic) bond motifs is 2. The van der Waals surface area contributed by atoms with Gasteiger partial charge in [0, 0.05) is 71.1 Å². The first kappa shape index (κ1) is 62.1. The summed E-state index contributed by atoms with van der Waals surface area (Å²) in [5.74, 6) is -3.06. The lowest BCUT2D eigenvalue weighted by Crippen LogP contribution is -2.60. The second-order valence-corrected chi connectivity index (χ2v) is 22.0. The van der Waals surface area contributed by atoms with Crippen molar-refractivity contribution in [3.63, 3.8) is 0 Å². The van der Waals surface area contributed by atoms with Crippen LogP contribution in [0, 0.1) is 23.7 Å². The minimum absolute atomic E-state index is 0.0232. The van der Waals surface area contributed by atoms with Crippen LogP contribution in [-0.4, -0.2) is 183 Å². The molecule has 3 fully saturated rings. The lowest BCUT2D eigenvalue weighted by Gasteiger charge is -2.41. The third-order valence-electron chi connectivity index (χ3n) is 16.5. The Balaban J connectivity index is 1.01. The van der Waals surface area contributed by atoms with E-state index in [4.69, 9.17) is 18.9 Å². The summed E-state index contributed by atoms with van der Waals surface area (Å²) in [5.41, 5.74) is 2.13. The van der Waals surface area contributed by atoms with Crippen molar-refractivity contribution in [1.29, 1.82) is 0 Å². The summed E-state index contributed by atoms with van der Waals surface area (Å²) < 4.78 is 23.1. The number of nitrogens with zero attached hydrogens (tertiary/aromatic N) is 4. The molecule has 0 radical (unpaired) electrons. The first-order valence-electron chi connectivity index (χ1n) is 28.2. The number of likely N-dealkylation sites (N-methyl/N-ethyl adjacent to an activating group) is 2. The van der Waals surface area contributed by atoms with Crippen LogP contribution in [0.3, 0.4) is 0 Å². The van der Waals surface area contributed by atoms with Gasteiger partial charge in [0.1, 0.15) is 12.1 Å². The van der Waals surface area contributed by atoms with Gasteiger partial charge in [-0.3, -0.25) is 48.2 Å². The van der Waals surface area contributed by atoms with Crippen LogP contribution in [0.4, 0.5) is 5.69 Å². The van der Waals surface area contributed by atoms with Gasteiger partial charge in [0.25, 0.3) is 11.8 Å². The standard InChI is InChI=1S/C59H86N8O12/c1-10-38(4)53(65(7)59(75)52(37(2)3)63-58(74)54-42-20-23-44(34-42)64(54)6)47(76-8)35-51(71)66-27-14-17-46(66)55(77-9)39(5)56(72)62-45(33-40-15-12-11-13-16-40)57(73)61-43-21-18-41(19-22-43)36-60-48(68)26-29-78-31-32-79-30-28-67-49(69)24-25-50(67)70/h11-13,15-16,18-19,21-22,24-25,37-39,42,44-47,52-55H,10,14,17,20,23,26-36H2,1-9H3,(H,60,68)(H,61,73)(H,62,72)(H,63,74)/t38-,39+,42?,44-,45-,46-,47+,52-,53-,54-,55+/m0/s1. The molecule has 2 bridgehead atoms. The van der Waals surface area contributed by atoms with Gasteiger partial charge in [-0.15, -0.1) is 0 Å². The van der Waals surface area contributed by atoms with Gasteiger partial charge < -0.3 is 50.0 Å². The zero-order valence-corrected chi connectivity index (χ0v) is 47.8. The largest absolute Gasteiger partial charge is 0.379 e. The Morgan fingerprint density at radius 2 is 1.48 bits per heavy atom. The Morgan fingerprint density at radius 3 is 2.10 bits per heavy atom. The molecular weight excluding hydrogens is 1010 g/mol. The average molecular weight is 1100 g/mol. The van der Waals surface area contributed by atoms with Crippen molar-refractivity contribution in [3.05, 3.63) is 77.9 Å². The Morgan fingerprint density at radius 1 is 0.797 bits per heavy atom. The number of carbonyl (C=O) groups excluding carboxylic acids is 8. The van der Waals surface area contributed by atoms with Crippen LogP contribution in [0.15, 0.2) is 66.7 Å². The van der Waals surface area contributed by atoms with Gasteiger partial charge >= 0.3 is 0 Å². The Bertz CT molecular complexity index is 2400. The van der Waals surface area contributed by atoms with Gasteiger partial charge in [0.2, 0.25) is 35.4 Å². The summed E-state index contributed by atoms with van der Waals surface area (Å²) in [4.78, 5) is 114. The van der Waals surface area contributed by atoms with Crippen molar-refractivity contribution < 1.29 is 57.3 Å². The monoisotopic (exact) mass is 1100 g/mol. The highest BCUT2D eigenvalue weighted by Gasteiger charge is 2.49. The van der Waals surface area contributed by atoms with E-state index < -0.39 is 54.1 Å². The number of likely N-dealkylation sites (tertiary alicyclic amines) is 2. The number of imide groups is 1. The molecule has 1 unspecified atom stereocenters. The first-order valence-corrected chi connectivity index (χ1v) is 28.2. The molecule has 20 heteroatoms. The molecule has 1 aliphatic carbocycles. The van der Waals surface area contributed by atoms with Crippen LogP contribution >= 0.6 is 0 Å². The molecule has 434 valence electrons. The van der Waals surface area contributed by atoms with Crippen molar-refractivity contribution in [1.82, 2.24) is 35.6 Å². The van der Waals surface area contributed by atoms with Crippen LogP contribution in [0.25, 0.3) is 0 Å². The highest BCUT2D eigenvalue weighted by molar-refractivity contribution is 6.12. The molecule has 4 aliphatic rings. The minimum atomic E-state index is -0.977. The number of nitrogens with one attached hydrogen (secondary N) is 4. The van der Waals surface area contributed by atoms with E-state index in [2.05, 4.69) is 26.2 Å². The normalized spacial score (nSPS) is 21.6. The molecule has 3 heterocycles. The molecule has 8 amide bonds. The molecule has 79 heavy (non-hydrogen) atoms. The van der Waals surface area contributed by atoms with Crippen LogP contribution in [-0.2, 0) is 70.3 Å². The predicted octanol–water partition coefficient (Wildman–Crippen LogP) is 3.86. The van der Waals surface area contributed by atoms with E-state index in [1.54, 1.807) is 55.1 Å². The molecule has 1 saturated carbocycles. The summed E-state index contributed by atoms with van der Waals surface area (Å²) in [6, 6.07) is 13.8. The van der Waals surface area contributed by atoms with Crippen LogP contribution in [0.5, 0.6) is 0 Å². The van der Waals surface area contributed by atoms with Gasteiger partial charge in [-0.1, -0.05) is 83.5 Å². The van der Waals surface area contributed by atoms with E-state index in [9.17, 15) is 38.4 Å². The van der Waals surface area contributed by atoms with Crippen molar-refractivity contribution in [2.24, 2.45) is 23.7 Å². The van der Waals surface area contributed by atoms with Crippen LogP contribution in [0.1, 0.15) is 97.1 Å². The number of hydrogen-bond acceptors (Lipinski definition) is 13. The van der Waals surface area contributed by atoms with Crippen molar-refractivity contribution in [2.75, 3.05) is 73.1 Å². The van der Waals surface area contributed by atoms with Gasteiger partial charge in [0.15, 0.2) is 0 Å².